The molecule has 0 fully saturated rings. The molecule has 1 atom stereocenters. The number of hydrogen-bond donors (Lipinski definition) is 3. The molecule has 7 heteroatoms. The van der Waals surface area contributed by atoms with E-state index in [-0.39, 0.29) is 17.0 Å². The summed E-state index contributed by atoms with van der Waals surface area (Å²) in [5.74, 6) is -1.51. The molecule has 0 bridgehead atoms. The number of phenols is 1. The van der Waals surface area contributed by atoms with Crippen LogP contribution in [0.1, 0.15) is 56.3 Å². The van der Waals surface area contributed by atoms with Gasteiger partial charge >= 0.3 is 5.97 Å². The van der Waals surface area contributed by atoms with Crippen molar-refractivity contribution in [1.82, 2.24) is 5.32 Å². The average molecular weight is 350 g/mol. The molecule has 7 nitrogen and oxygen atoms in total. The Balaban J connectivity index is 2.49. The number of benzene rings is 1. The van der Waals surface area contributed by atoms with Gasteiger partial charge in [-0.25, -0.2) is 4.79 Å². The molecule has 0 radical (unpaired) electrons. The van der Waals surface area contributed by atoms with Crippen LogP contribution >= 0.6 is 0 Å². The first-order chi connectivity index (χ1) is 12.0. The third-order valence-electron chi connectivity index (χ3n) is 3.69. The van der Waals surface area contributed by atoms with Crippen LogP contribution in [0.2, 0.25) is 0 Å². The van der Waals surface area contributed by atoms with Crippen LogP contribution < -0.4 is 10.6 Å². The van der Waals surface area contributed by atoms with Crippen LogP contribution in [0, 0.1) is 0 Å². The smallest absolute Gasteiger partial charge is 0.328 e. The first-order valence-corrected chi connectivity index (χ1v) is 8.50. The summed E-state index contributed by atoms with van der Waals surface area (Å²) in [7, 11) is 0. The van der Waals surface area contributed by atoms with Crippen LogP contribution in [0.15, 0.2) is 18.2 Å². The summed E-state index contributed by atoms with van der Waals surface area (Å²) in [6.07, 6.45) is 5.64. The minimum atomic E-state index is -0.842. The third-order valence-corrected chi connectivity index (χ3v) is 3.69. The maximum absolute atomic E-state index is 12.2. The van der Waals surface area contributed by atoms with Gasteiger partial charge in [0.2, 0.25) is 6.41 Å². The predicted octanol–water partition coefficient (Wildman–Crippen LogP) is 2.59. The number of hydrogen-bond acceptors (Lipinski definition) is 5. The zero-order valence-corrected chi connectivity index (χ0v) is 14.7. The van der Waals surface area contributed by atoms with Crippen molar-refractivity contribution in [2.45, 2.75) is 52.0 Å². The van der Waals surface area contributed by atoms with Crippen molar-refractivity contribution in [1.29, 1.82) is 0 Å². The van der Waals surface area contributed by atoms with E-state index in [1.165, 1.54) is 31.5 Å². The van der Waals surface area contributed by atoms with E-state index in [1.807, 2.05) is 0 Å². The number of carbonyl (C=O) groups is 3. The van der Waals surface area contributed by atoms with E-state index < -0.39 is 17.9 Å². The Bertz CT molecular complexity index is 589. The van der Waals surface area contributed by atoms with Crippen molar-refractivity contribution in [3.05, 3.63) is 23.8 Å². The third kappa shape index (κ3) is 6.82. The predicted molar refractivity (Wildman–Crippen MR) is 94.4 cm³/mol. The zero-order valence-electron chi connectivity index (χ0n) is 14.7. The van der Waals surface area contributed by atoms with Crippen LogP contribution in [0.3, 0.4) is 0 Å². The SMILES string of the molecule is CCCCCCCOC(=O)C(C)NC(=O)c1cccc(NC=O)c1O. The number of esters is 1. The molecule has 1 unspecified atom stereocenters. The van der Waals surface area contributed by atoms with E-state index in [9.17, 15) is 19.5 Å². The van der Waals surface area contributed by atoms with Crippen molar-refractivity contribution in [2.24, 2.45) is 0 Å². The quantitative estimate of drug-likeness (QED) is 0.246. The Morgan fingerprint density at radius 1 is 1.24 bits per heavy atom. The number of amides is 2. The standard InChI is InChI=1S/C18H26N2O5/c1-3-4-5-6-7-11-25-18(24)13(2)20-17(23)14-9-8-10-15(16(14)22)19-12-21/h8-10,12-13,22H,3-7,11H2,1-2H3,(H,19,21)(H,20,23). The molecular weight excluding hydrogens is 324 g/mol. The molecule has 3 N–H and O–H groups in total. The number of aromatic hydroxyl groups is 1. The minimum Gasteiger partial charge on any atom is -0.505 e. The number of para-hydroxylation sites is 1. The van der Waals surface area contributed by atoms with Gasteiger partial charge in [0, 0.05) is 0 Å². The van der Waals surface area contributed by atoms with E-state index in [4.69, 9.17) is 4.74 Å². The van der Waals surface area contributed by atoms with Gasteiger partial charge in [-0.3, -0.25) is 9.59 Å². The molecule has 0 heterocycles. The Morgan fingerprint density at radius 3 is 2.64 bits per heavy atom. The van der Waals surface area contributed by atoms with Crippen LogP contribution in [-0.2, 0) is 14.3 Å². The van der Waals surface area contributed by atoms with Crippen molar-refractivity contribution in [3.8, 4) is 5.75 Å². The number of anilines is 1. The Morgan fingerprint density at radius 2 is 1.96 bits per heavy atom. The lowest BCUT2D eigenvalue weighted by molar-refractivity contribution is -0.145. The van der Waals surface area contributed by atoms with Gasteiger partial charge in [0.15, 0.2) is 5.75 Å². The lowest BCUT2D eigenvalue weighted by Crippen LogP contribution is -2.39. The summed E-state index contributed by atoms with van der Waals surface area (Å²) in [6, 6.07) is 3.52. The van der Waals surface area contributed by atoms with E-state index in [0.29, 0.717) is 13.0 Å². The summed E-state index contributed by atoms with van der Waals surface area (Å²) >= 11 is 0. The first-order valence-electron chi connectivity index (χ1n) is 8.50. The van der Waals surface area contributed by atoms with Crippen molar-refractivity contribution in [2.75, 3.05) is 11.9 Å². The number of ether oxygens (including phenoxy) is 1. The monoisotopic (exact) mass is 350 g/mol. The van der Waals surface area contributed by atoms with Gasteiger partial charge in [-0.1, -0.05) is 38.7 Å². The number of carbonyl (C=O) groups excluding carboxylic acids is 3. The van der Waals surface area contributed by atoms with E-state index in [1.54, 1.807) is 0 Å². The highest BCUT2D eigenvalue weighted by atomic mass is 16.5. The van der Waals surface area contributed by atoms with Gasteiger partial charge < -0.3 is 20.5 Å². The molecular formula is C18H26N2O5. The van der Waals surface area contributed by atoms with Crippen molar-refractivity contribution in [3.63, 3.8) is 0 Å². The second kappa shape index (κ2) is 11.1. The van der Waals surface area contributed by atoms with Gasteiger partial charge in [-0.05, 0) is 25.5 Å². The van der Waals surface area contributed by atoms with Crippen LogP contribution in [-0.4, -0.2) is 36.0 Å². The highest BCUT2D eigenvalue weighted by molar-refractivity contribution is 6.01. The Labute approximate surface area is 147 Å². The number of nitrogens with one attached hydrogen (secondary N) is 2. The second-order valence-electron chi connectivity index (χ2n) is 5.74. The fraction of sp³-hybridized carbons (Fsp3) is 0.500. The molecule has 0 spiro atoms. The maximum Gasteiger partial charge on any atom is 0.328 e. The van der Waals surface area contributed by atoms with E-state index in [0.717, 1.165) is 25.7 Å². The highest BCUT2D eigenvalue weighted by Crippen LogP contribution is 2.26. The van der Waals surface area contributed by atoms with Crippen molar-refractivity contribution >= 4 is 24.0 Å². The number of unbranched alkanes of at least 4 members (excludes halogenated alkanes) is 4. The highest BCUT2D eigenvalue weighted by Gasteiger charge is 2.20. The topological polar surface area (TPSA) is 105 Å². The summed E-state index contributed by atoms with van der Waals surface area (Å²) in [5, 5.41) is 14.8. The van der Waals surface area contributed by atoms with Gasteiger partial charge in [-0.15, -0.1) is 0 Å². The first kappa shape index (κ1) is 20.5. The summed E-state index contributed by atoms with van der Waals surface area (Å²) in [5.41, 5.74) is 0.0797. The molecule has 1 aromatic rings. The Kier molecular flexibility index (Phi) is 9.06. The fourth-order valence-corrected chi connectivity index (χ4v) is 2.24. The molecule has 25 heavy (non-hydrogen) atoms. The molecule has 0 saturated heterocycles. The van der Waals surface area contributed by atoms with Crippen molar-refractivity contribution < 1.29 is 24.2 Å². The molecule has 2 amide bonds. The summed E-state index contributed by atoms with van der Waals surface area (Å²) in [6.45, 7) is 3.97. The molecule has 138 valence electrons. The summed E-state index contributed by atoms with van der Waals surface area (Å²) in [4.78, 5) is 34.6. The van der Waals surface area contributed by atoms with Crippen LogP contribution in [0.25, 0.3) is 0 Å². The molecule has 0 aliphatic rings. The number of rotatable bonds is 11. The normalized spacial score (nSPS) is 11.4. The van der Waals surface area contributed by atoms with E-state index in [2.05, 4.69) is 17.6 Å². The van der Waals surface area contributed by atoms with Gasteiger partial charge in [0.05, 0.1) is 17.9 Å². The van der Waals surface area contributed by atoms with Gasteiger partial charge in [0.25, 0.3) is 5.91 Å². The zero-order chi connectivity index (χ0) is 18.7. The molecule has 0 aromatic heterocycles. The average Bonchev–Trinajstić information content (AvgIpc) is 2.59. The fourth-order valence-electron chi connectivity index (χ4n) is 2.24. The van der Waals surface area contributed by atoms with Gasteiger partial charge in [-0.2, -0.15) is 0 Å². The molecule has 0 aliphatic carbocycles. The summed E-state index contributed by atoms with van der Waals surface area (Å²) < 4.78 is 5.14. The maximum atomic E-state index is 12.2. The number of phenolic OH excluding ortho intramolecular Hbond substituents is 1. The molecule has 1 rings (SSSR count). The lowest BCUT2D eigenvalue weighted by Gasteiger charge is -2.14. The largest absolute Gasteiger partial charge is 0.505 e. The van der Waals surface area contributed by atoms with Crippen LogP contribution in [0.5, 0.6) is 5.75 Å². The lowest BCUT2D eigenvalue weighted by atomic mass is 10.1. The Hall–Kier alpha value is -2.57. The second-order valence-corrected chi connectivity index (χ2v) is 5.74. The molecule has 1 aromatic carbocycles. The van der Waals surface area contributed by atoms with Crippen LogP contribution in [0.4, 0.5) is 5.69 Å². The van der Waals surface area contributed by atoms with Gasteiger partial charge in [0.1, 0.15) is 6.04 Å². The molecule has 0 saturated carbocycles. The minimum absolute atomic E-state index is 0.0361. The van der Waals surface area contributed by atoms with E-state index >= 15 is 0 Å². The molecule has 0 aliphatic heterocycles.